The van der Waals surface area contributed by atoms with E-state index in [0.717, 1.165) is 3.37 Å². The van der Waals surface area contributed by atoms with Crippen molar-refractivity contribution >= 4 is 41.9 Å². The van der Waals surface area contributed by atoms with Gasteiger partial charge in [0.2, 0.25) is 0 Å². The zero-order valence-corrected chi connectivity index (χ0v) is 11.9. The zero-order valence-electron chi connectivity index (χ0n) is 8.45. The molecule has 0 aliphatic carbocycles. The first-order chi connectivity index (χ1) is 6.62. The first kappa shape index (κ1) is 13.7. The van der Waals surface area contributed by atoms with E-state index < -0.39 is 11.9 Å². The summed E-state index contributed by atoms with van der Waals surface area (Å²) in [6.07, 6.45) is 0. The summed E-state index contributed by atoms with van der Waals surface area (Å²) in [6, 6.07) is 0. The Morgan fingerprint density at radius 2 is 1.29 bits per heavy atom. The van der Waals surface area contributed by atoms with Crippen molar-refractivity contribution in [2.75, 3.05) is 14.2 Å². The standard InChI is InChI=1S/C8H12O4Se2/c1-11-6(9)5(7(10)12-2)8(13-3)14-4/h1-4H3. The summed E-state index contributed by atoms with van der Waals surface area (Å²) < 4.78 is 9.96. The Morgan fingerprint density at radius 1 is 0.929 bits per heavy atom. The number of methoxy groups -OCH3 is 2. The average molecular weight is 330 g/mol. The first-order valence-electron chi connectivity index (χ1n) is 3.61. The van der Waals surface area contributed by atoms with E-state index in [1.807, 2.05) is 11.6 Å². The SMILES string of the molecule is COC(=O)C(C(=O)OC)=C([Se]C)[Se]C. The second-order valence-corrected chi connectivity index (χ2v) is 6.79. The summed E-state index contributed by atoms with van der Waals surface area (Å²) in [5.74, 6) is 2.72. The van der Waals surface area contributed by atoms with Gasteiger partial charge in [0.25, 0.3) is 0 Å². The molecular formula is C8H12O4Se2. The summed E-state index contributed by atoms with van der Waals surface area (Å²) in [6.45, 7) is 0. The van der Waals surface area contributed by atoms with Crippen LogP contribution in [0, 0.1) is 0 Å². The van der Waals surface area contributed by atoms with E-state index >= 15 is 0 Å². The Balaban J connectivity index is 5.16. The van der Waals surface area contributed by atoms with Gasteiger partial charge in [-0.25, -0.2) is 0 Å². The third kappa shape index (κ3) is 3.46. The molecule has 0 saturated carbocycles. The molecule has 0 saturated heterocycles. The van der Waals surface area contributed by atoms with Gasteiger partial charge in [-0.1, -0.05) is 0 Å². The van der Waals surface area contributed by atoms with Crippen molar-refractivity contribution in [3.63, 3.8) is 0 Å². The summed E-state index contributed by atoms with van der Waals surface area (Å²) in [4.78, 5) is 22.6. The van der Waals surface area contributed by atoms with E-state index in [-0.39, 0.29) is 35.5 Å². The van der Waals surface area contributed by atoms with Crippen molar-refractivity contribution in [1.82, 2.24) is 0 Å². The van der Waals surface area contributed by atoms with Crippen LogP contribution in [0.1, 0.15) is 0 Å². The number of ether oxygens (including phenoxy) is 2. The van der Waals surface area contributed by atoms with Crippen molar-refractivity contribution in [2.24, 2.45) is 0 Å². The predicted octanol–water partition coefficient (Wildman–Crippen LogP) is 0.0486. The van der Waals surface area contributed by atoms with Crippen LogP contribution in [0.5, 0.6) is 0 Å². The molecule has 0 aromatic carbocycles. The van der Waals surface area contributed by atoms with Gasteiger partial charge >= 0.3 is 95.7 Å². The summed E-state index contributed by atoms with van der Waals surface area (Å²) in [5, 5.41) is 0. The minimum atomic E-state index is -0.598. The number of carbonyl (C=O) groups is 2. The van der Waals surface area contributed by atoms with E-state index in [0.29, 0.717) is 0 Å². The summed E-state index contributed by atoms with van der Waals surface area (Å²) in [7, 11) is 2.52. The molecule has 0 aromatic heterocycles. The van der Waals surface area contributed by atoms with Crippen LogP contribution >= 0.6 is 0 Å². The van der Waals surface area contributed by atoms with E-state index in [1.165, 1.54) is 14.2 Å². The van der Waals surface area contributed by atoms with Gasteiger partial charge in [0.05, 0.1) is 0 Å². The Hall–Kier alpha value is -0.281. The molecule has 0 radical (unpaired) electrons. The molecule has 0 spiro atoms. The molecule has 0 heterocycles. The van der Waals surface area contributed by atoms with Crippen LogP contribution < -0.4 is 0 Å². The fraction of sp³-hybridized carbons (Fsp3) is 0.500. The zero-order chi connectivity index (χ0) is 11.1. The van der Waals surface area contributed by atoms with Crippen LogP contribution in [0.3, 0.4) is 0 Å². The molecule has 0 aliphatic rings. The van der Waals surface area contributed by atoms with Crippen molar-refractivity contribution in [3.8, 4) is 0 Å². The van der Waals surface area contributed by atoms with Crippen LogP contribution in [0.4, 0.5) is 0 Å². The first-order valence-corrected chi connectivity index (χ1v) is 8.75. The van der Waals surface area contributed by atoms with Gasteiger partial charge in [0.1, 0.15) is 0 Å². The van der Waals surface area contributed by atoms with Crippen molar-refractivity contribution in [2.45, 2.75) is 11.6 Å². The van der Waals surface area contributed by atoms with Crippen LogP contribution in [-0.2, 0) is 19.1 Å². The number of rotatable bonds is 4. The molecule has 0 aromatic rings. The number of hydrogen-bond donors (Lipinski definition) is 0. The van der Waals surface area contributed by atoms with Crippen molar-refractivity contribution in [1.29, 1.82) is 0 Å². The van der Waals surface area contributed by atoms with E-state index in [1.54, 1.807) is 0 Å². The molecule has 0 amide bonds. The third-order valence-corrected chi connectivity index (χ3v) is 7.40. The third-order valence-electron chi connectivity index (χ3n) is 1.35. The second kappa shape index (κ2) is 7.07. The Kier molecular flexibility index (Phi) is 6.93. The predicted molar refractivity (Wildman–Crippen MR) is 54.3 cm³/mol. The molecule has 0 fully saturated rings. The number of esters is 2. The molecule has 0 bridgehead atoms. The minimum absolute atomic E-state index is 0.0833. The van der Waals surface area contributed by atoms with Crippen molar-refractivity contribution in [3.05, 3.63) is 8.94 Å². The molecule has 0 unspecified atom stereocenters. The maximum absolute atomic E-state index is 11.3. The summed E-state index contributed by atoms with van der Waals surface area (Å²) >= 11 is 0.263. The second-order valence-electron chi connectivity index (χ2n) is 2.05. The molecule has 0 aliphatic heterocycles. The average Bonchev–Trinajstić information content (AvgIpc) is 2.23. The van der Waals surface area contributed by atoms with Gasteiger partial charge in [-0.2, -0.15) is 0 Å². The van der Waals surface area contributed by atoms with Crippen LogP contribution in [-0.4, -0.2) is 56.1 Å². The Bertz CT molecular complexity index is 236. The summed E-state index contributed by atoms with van der Waals surface area (Å²) in [5.41, 5.74) is 0.0833. The van der Waals surface area contributed by atoms with Gasteiger partial charge in [-0.15, -0.1) is 0 Å². The van der Waals surface area contributed by atoms with Gasteiger partial charge in [-0.05, 0) is 0 Å². The molecule has 0 N–H and O–H groups in total. The van der Waals surface area contributed by atoms with Gasteiger partial charge in [0, 0.05) is 0 Å². The monoisotopic (exact) mass is 332 g/mol. The van der Waals surface area contributed by atoms with Gasteiger partial charge < -0.3 is 0 Å². The molecule has 0 rings (SSSR count). The van der Waals surface area contributed by atoms with Crippen LogP contribution in [0.2, 0.25) is 11.6 Å². The van der Waals surface area contributed by atoms with E-state index in [9.17, 15) is 9.59 Å². The topological polar surface area (TPSA) is 52.6 Å². The maximum atomic E-state index is 11.3. The quantitative estimate of drug-likeness (QED) is 0.240. The molecule has 4 nitrogen and oxygen atoms in total. The number of carbonyl (C=O) groups excluding carboxylic acids is 2. The van der Waals surface area contributed by atoms with Crippen LogP contribution in [0.15, 0.2) is 8.94 Å². The van der Waals surface area contributed by atoms with Crippen LogP contribution in [0.25, 0.3) is 0 Å². The Morgan fingerprint density at radius 3 is 1.50 bits per heavy atom. The molecule has 80 valence electrons. The Labute approximate surface area is 95.7 Å². The number of hydrogen-bond acceptors (Lipinski definition) is 4. The van der Waals surface area contributed by atoms with Gasteiger partial charge in [-0.3, -0.25) is 0 Å². The van der Waals surface area contributed by atoms with E-state index in [4.69, 9.17) is 0 Å². The molecule has 0 atom stereocenters. The molecular weight excluding hydrogens is 318 g/mol. The fourth-order valence-electron chi connectivity index (χ4n) is 0.742. The normalized spacial score (nSPS) is 9.14. The molecule has 6 heteroatoms. The molecule has 14 heavy (non-hydrogen) atoms. The fourth-order valence-corrected chi connectivity index (χ4v) is 4.46. The van der Waals surface area contributed by atoms with Crippen molar-refractivity contribution < 1.29 is 19.1 Å². The van der Waals surface area contributed by atoms with E-state index in [2.05, 4.69) is 9.47 Å². The van der Waals surface area contributed by atoms with Gasteiger partial charge in [0.15, 0.2) is 0 Å².